The van der Waals surface area contributed by atoms with Gasteiger partial charge in [0, 0.05) is 10.9 Å². The Morgan fingerprint density at radius 1 is 1.23 bits per heavy atom. The number of benzene rings is 2. The number of carboxylic acids is 1. The maximum Gasteiger partial charge on any atom is 0.342 e. The highest BCUT2D eigenvalue weighted by Crippen LogP contribution is 2.32. The van der Waals surface area contributed by atoms with Crippen LogP contribution in [0.15, 0.2) is 57.0 Å². The smallest absolute Gasteiger partial charge is 0.342 e. The van der Waals surface area contributed by atoms with Crippen LogP contribution in [-0.4, -0.2) is 33.4 Å². The number of carbonyl (C=O) groups is 1. The van der Waals surface area contributed by atoms with Crippen molar-refractivity contribution in [1.29, 1.82) is 0 Å². The Morgan fingerprint density at radius 3 is 2.63 bits per heavy atom. The van der Waals surface area contributed by atoms with Crippen LogP contribution in [0.2, 0.25) is 0 Å². The van der Waals surface area contributed by atoms with E-state index in [-0.39, 0.29) is 4.91 Å². The third-order valence-electron chi connectivity index (χ3n) is 4.05. The molecule has 2 aromatic carbocycles. The fraction of sp³-hybridized carbons (Fsp3) is 0.190. The quantitative estimate of drug-likeness (QED) is 0.324. The van der Waals surface area contributed by atoms with Crippen molar-refractivity contribution in [2.24, 2.45) is 0 Å². The number of aromatic nitrogens is 3. The van der Waals surface area contributed by atoms with Crippen LogP contribution in [0.1, 0.15) is 23.9 Å². The van der Waals surface area contributed by atoms with Crippen molar-refractivity contribution < 1.29 is 19.4 Å². The molecule has 1 heterocycles. The number of aryl methyl sites for hydroxylation is 1. The van der Waals surface area contributed by atoms with Crippen LogP contribution in [0.5, 0.6) is 11.5 Å². The molecule has 0 aliphatic rings. The molecule has 9 heteroatoms. The first-order chi connectivity index (χ1) is 14.5. The van der Waals surface area contributed by atoms with E-state index in [0.29, 0.717) is 41.1 Å². The second-order valence-corrected chi connectivity index (χ2v) is 8.08. The molecule has 0 saturated heterocycles. The molecule has 3 aromatic rings. The number of hydrogen-bond donors (Lipinski definition) is 2. The van der Waals surface area contributed by atoms with Crippen LogP contribution in [-0.2, 0) is 17.8 Å². The number of H-pyrrole nitrogens is 1. The van der Waals surface area contributed by atoms with E-state index in [4.69, 9.17) is 9.47 Å². The van der Waals surface area contributed by atoms with Crippen molar-refractivity contribution in [1.82, 2.24) is 15.2 Å². The number of nitrogens with one attached hydrogen (secondary N) is 1. The second kappa shape index (κ2) is 10.3. The number of aromatic amines is 1. The van der Waals surface area contributed by atoms with E-state index in [1.807, 2.05) is 31.2 Å². The van der Waals surface area contributed by atoms with Gasteiger partial charge in [-0.25, -0.2) is 9.78 Å². The molecule has 0 amide bonds. The largest absolute Gasteiger partial charge is 0.493 e. The first kappa shape index (κ1) is 21.9. The summed E-state index contributed by atoms with van der Waals surface area (Å²) >= 11 is 4.39. The van der Waals surface area contributed by atoms with Gasteiger partial charge in [-0.1, -0.05) is 41.1 Å². The monoisotopic (exact) mass is 489 g/mol. The summed E-state index contributed by atoms with van der Waals surface area (Å²) in [5, 5.41) is 16.7. The van der Waals surface area contributed by atoms with Crippen LogP contribution in [0.25, 0.3) is 6.08 Å². The molecule has 0 atom stereocenters. The number of methoxy groups -OCH3 is 1. The van der Waals surface area contributed by atoms with Gasteiger partial charge in [0.1, 0.15) is 17.3 Å². The number of hydrogen-bond acceptors (Lipinski definition) is 6. The molecule has 0 saturated carbocycles. The summed E-state index contributed by atoms with van der Waals surface area (Å²) in [5.74, 6) is 0.735. The van der Waals surface area contributed by atoms with Crippen molar-refractivity contribution in [2.75, 3.05) is 7.11 Å². The summed E-state index contributed by atoms with van der Waals surface area (Å²) in [5.41, 5.74) is 1.69. The molecule has 30 heavy (non-hydrogen) atoms. The van der Waals surface area contributed by atoms with E-state index in [0.717, 1.165) is 21.8 Å². The number of rotatable bonds is 9. The molecule has 2 N–H and O–H groups in total. The van der Waals surface area contributed by atoms with Crippen LogP contribution >= 0.6 is 27.7 Å². The van der Waals surface area contributed by atoms with Crippen LogP contribution in [0, 0.1) is 0 Å². The Bertz CT molecular complexity index is 1050. The molecule has 3 rings (SSSR count). The Morgan fingerprint density at radius 2 is 2.00 bits per heavy atom. The summed E-state index contributed by atoms with van der Waals surface area (Å²) in [6.07, 6.45) is 2.24. The van der Waals surface area contributed by atoms with E-state index in [1.165, 1.54) is 0 Å². The zero-order valence-electron chi connectivity index (χ0n) is 16.4. The lowest BCUT2D eigenvalue weighted by Gasteiger charge is -2.12. The molecule has 0 aliphatic heterocycles. The molecule has 0 bridgehead atoms. The Labute approximate surface area is 186 Å². The Hall–Kier alpha value is -2.78. The lowest BCUT2D eigenvalue weighted by molar-refractivity contribution is -0.131. The SMILES string of the molecule is CCc1nc(S/C(=C\c2ccc(OCc3ccc(Br)cc3)c(OC)c2)C(=O)O)n[nH]1. The van der Waals surface area contributed by atoms with Gasteiger partial charge in [-0.2, -0.15) is 0 Å². The van der Waals surface area contributed by atoms with E-state index in [9.17, 15) is 9.90 Å². The normalized spacial score (nSPS) is 11.4. The molecule has 7 nitrogen and oxygen atoms in total. The van der Waals surface area contributed by atoms with Crippen LogP contribution in [0.3, 0.4) is 0 Å². The van der Waals surface area contributed by atoms with Gasteiger partial charge in [-0.05, 0) is 53.2 Å². The predicted octanol–water partition coefficient (Wildman–Crippen LogP) is 4.94. The molecule has 1 aromatic heterocycles. The third kappa shape index (κ3) is 5.87. The number of halogens is 1. The van der Waals surface area contributed by atoms with Crippen LogP contribution in [0.4, 0.5) is 0 Å². The first-order valence-corrected chi connectivity index (χ1v) is 10.7. The fourth-order valence-corrected chi connectivity index (χ4v) is 3.49. The number of thioether (sulfide) groups is 1. The average Bonchev–Trinajstić information content (AvgIpc) is 3.21. The topological polar surface area (TPSA) is 97.3 Å². The molecular formula is C21H20BrN3O4S. The zero-order chi connectivity index (χ0) is 21.5. The minimum absolute atomic E-state index is 0.0993. The van der Waals surface area contributed by atoms with E-state index in [1.54, 1.807) is 31.4 Å². The van der Waals surface area contributed by atoms with Gasteiger partial charge in [-0.3, -0.25) is 5.10 Å². The zero-order valence-corrected chi connectivity index (χ0v) is 18.8. The van der Waals surface area contributed by atoms with E-state index >= 15 is 0 Å². The van der Waals surface area contributed by atoms with Crippen molar-refractivity contribution in [3.05, 3.63) is 68.8 Å². The predicted molar refractivity (Wildman–Crippen MR) is 119 cm³/mol. The lowest BCUT2D eigenvalue weighted by Crippen LogP contribution is -1.99. The molecular weight excluding hydrogens is 470 g/mol. The number of ether oxygens (including phenoxy) is 2. The minimum Gasteiger partial charge on any atom is -0.493 e. The molecule has 0 unspecified atom stereocenters. The standard InChI is InChI=1S/C21H20BrN3O4S/c1-3-19-23-21(25-24-19)30-18(20(26)27)11-14-6-9-16(17(10-14)28-2)29-12-13-4-7-15(22)8-5-13/h4-11H,3,12H2,1-2H3,(H,26,27)(H,23,24,25)/b18-11-. The highest BCUT2D eigenvalue weighted by atomic mass is 79.9. The van der Waals surface area contributed by atoms with Crippen molar-refractivity contribution in [2.45, 2.75) is 25.1 Å². The summed E-state index contributed by atoms with van der Waals surface area (Å²) in [7, 11) is 1.54. The maximum absolute atomic E-state index is 11.7. The Kier molecular flexibility index (Phi) is 7.53. The molecule has 0 fully saturated rings. The number of carboxylic acid groups (broad SMARTS) is 1. The van der Waals surface area contributed by atoms with Crippen molar-refractivity contribution in [3.8, 4) is 11.5 Å². The maximum atomic E-state index is 11.7. The molecule has 0 spiro atoms. The molecule has 0 aliphatic carbocycles. The van der Waals surface area contributed by atoms with Gasteiger partial charge in [-0.15, -0.1) is 5.10 Å². The fourth-order valence-electron chi connectivity index (χ4n) is 2.50. The highest BCUT2D eigenvalue weighted by Gasteiger charge is 2.14. The lowest BCUT2D eigenvalue weighted by atomic mass is 10.2. The van der Waals surface area contributed by atoms with E-state index < -0.39 is 5.97 Å². The van der Waals surface area contributed by atoms with Crippen LogP contribution < -0.4 is 9.47 Å². The van der Waals surface area contributed by atoms with Gasteiger partial charge in [0.2, 0.25) is 5.16 Å². The highest BCUT2D eigenvalue weighted by molar-refractivity contribution is 9.10. The molecule has 156 valence electrons. The number of aliphatic carboxylic acids is 1. The summed E-state index contributed by atoms with van der Waals surface area (Å²) < 4.78 is 12.3. The second-order valence-electron chi connectivity index (χ2n) is 6.16. The summed E-state index contributed by atoms with van der Waals surface area (Å²) in [6, 6.07) is 13.1. The third-order valence-corrected chi connectivity index (χ3v) is 5.46. The van der Waals surface area contributed by atoms with Gasteiger partial charge < -0.3 is 14.6 Å². The van der Waals surface area contributed by atoms with Crippen molar-refractivity contribution in [3.63, 3.8) is 0 Å². The number of nitrogens with zero attached hydrogens (tertiary/aromatic N) is 2. The summed E-state index contributed by atoms with van der Waals surface area (Å²) in [4.78, 5) is 16.0. The Balaban J connectivity index is 1.77. The van der Waals surface area contributed by atoms with Gasteiger partial charge in [0.25, 0.3) is 0 Å². The summed E-state index contributed by atoms with van der Waals surface area (Å²) in [6.45, 7) is 2.33. The average molecular weight is 490 g/mol. The van der Waals surface area contributed by atoms with Crippen molar-refractivity contribution >= 4 is 39.7 Å². The van der Waals surface area contributed by atoms with Gasteiger partial charge in [0.05, 0.1) is 7.11 Å². The van der Waals surface area contributed by atoms with Gasteiger partial charge >= 0.3 is 5.97 Å². The molecule has 0 radical (unpaired) electrons. The first-order valence-electron chi connectivity index (χ1n) is 9.08. The minimum atomic E-state index is -1.06. The van der Waals surface area contributed by atoms with Gasteiger partial charge in [0.15, 0.2) is 11.5 Å². The van der Waals surface area contributed by atoms with E-state index in [2.05, 4.69) is 31.1 Å².